The van der Waals surface area contributed by atoms with Crippen LogP contribution in [-0.4, -0.2) is 18.3 Å². The first kappa shape index (κ1) is 19.8. The highest BCUT2D eigenvalue weighted by Crippen LogP contribution is 2.40. The van der Waals surface area contributed by atoms with Gasteiger partial charge in [-0.15, -0.1) is 6.58 Å². The lowest BCUT2D eigenvalue weighted by molar-refractivity contribution is 0.00578. The summed E-state index contributed by atoms with van der Waals surface area (Å²) in [6.07, 6.45) is 14.7. The van der Waals surface area contributed by atoms with Gasteiger partial charge in [0.1, 0.15) is 0 Å². The Balaban J connectivity index is 2.19. The van der Waals surface area contributed by atoms with Crippen LogP contribution in [0.1, 0.15) is 86.0 Å². The zero-order valence-electron chi connectivity index (χ0n) is 16.6. The van der Waals surface area contributed by atoms with Crippen LogP contribution in [0.5, 0.6) is 0 Å². The smallest absolute Gasteiger partial charge is 0.400 e. The third-order valence-electron chi connectivity index (χ3n) is 6.15. The molecule has 1 aliphatic carbocycles. The molecule has 1 saturated carbocycles. The molecular weight excluding hydrogens is 295 g/mol. The monoisotopic (exact) mass is 332 g/mol. The lowest BCUT2D eigenvalue weighted by Gasteiger charge is -2.32. The number of hydrogen-bond acceptors (Lipinski definition) is 2. The van der Waals surface area contributed by atoms with Crippen molar-refractivity contribution in [2.45, 2.75) is 97.2 Å². The zero-order valence-corrected chi connectivity index (χ0v) is 16.6. The van der Waals surface area contributed by atoms with Gasteiger partial charge in [0.2, 0.25) is 0 Å². The van der Waals surface area contributed by atoms with E-state index < -0.39 is 0 Å². The van der Waals surface area contributed by atoms with Crippen molar-refractivity contribution in [2.24, 2.45) is 11.8 Å². The molecular formula is C21H37BO2. The summed E-state index contributed by atoms with van der Waals surface area (Å²) >= 11 is 0. The molecule has 0 radical (unpaired) electrons. The van der Waals surface area contributed by atoms with Crippen LogP contribution in [0.2, 0.25) is 0 Å². The molecule has 1 unspecified atom stereocenters. The number of allylic oxidation sites excluding steroid dienone is 3. The van der Waals surface area contributed by atoms with E-state index in [0.29, 0.717) is 11.8 Å². The molecule has 1 aliphatic heterocycles. The van der Waals surface area contributed by atoms with Crippen molar-refractivity contribution in [2.75, 3.05) is 0 Å². The molecule has 0 bridgehead atoms. The van der Waals surface area contributed by atoms with Gasteiger partial charge in [0, 0.05) is 0 Å². The first-order valence-corrected chi connectivity index (χ1v) is 9.98. The van der Waals surface area contributed by atoms with Crippen LogP contribution in [0.4, 0.5) is 0 Å². The number of rotatable bonds is 7. The van der Waals surface area contributed by atoms with Gasteiger partial charge in [-0.25, -0.2) is 0 Å². The molecule has 0 spiro atoms. The Kier molecular flexibility index (Phi) is 6.78. The molecule has 1 atom stereocenters. The molecule has 2 nitrogen and oxygen atoms in total. The van der Waals surface area contributed by atoms with Crippen LogP contribution in [0.15, 0.2) is 24.2 Å². The summed E-state index contributed by atoms with van der Waals surface area (Å²) in [5.41, 5.74) is 0.814. The summed E-state index contributed by atoms with van der Waals surface area (Å²) in [5, 5.41) is 0. The Labute approximate surface area is 150 Å². The Morgan fingerprint density at radius 1 is 1.12 bits per heavy atom. The first-order chi connectivity index (χ1) is 11.3. The Morgan fingerprint density at radius 2 is 1.71 bits per heavy atom. The summed E-state index contributed by atoms with van der Waals surface area (Å²) in [6.45, 7) is 14.9. The second-order valence-corrected chi connectivity index (χ2v) is 8.72. The molecule has 0 aromatic heterocycles. The highest BCUT2D eigenvalue weighted by atomic mass is 16.7. The molecule has 0 N–H and O–H groups in total. The summed E-state index contributed by atoms with van der Waals surface area (Å²) in [5.74, 6) is 1.21. The molecule has 136 valence electrons. The van der Waals surface area contributed by atoms with Crippen molar-refractivity contribution in [1.29, 1.82) is 0 Å². The van der Waals surface area contributed by atoms with E-state index in [9.17, 15) is 0 Å². The van der Waals surface area contributed by atoms with Crippen LogP contribution in [0, 0.1) is 11.8 Å². The summed E-state index contributed by atoms with van der Waals surface area (Å²) in [6, 6.07) is 0. The topological polar surface area (TPSA) is 18.5 Å². The normalized spacial score (nSPS) is 25.7. The average molecular weight is 332 g/mol. The SMILES string of the molecule is C=CC(CCC)C/C(=C\C1CCCCC1)B1OC(C)(C)C(C)(C)O1. The molecule has 0 aromatic rings. The molecule has 2 fully saturated rings. The van der Waals surface area contributed by atoms with Crippen molar-refractivity contribution < 1.29 is 9.31 Å². The summed E-state index contributed by atoms with van der Waals surface area (Å²) < 4.78 is 12.7. The predicted molar refractivity (Wildman–Crippen MR) is 104 cm³/mol. The molecule has 2 aliphatic rings. The minimum Gasteiger partial charge on any atom is -0.400 e. The van der Waals surface area contributed by atoms with E-state index in [-0.39, 0.29) is 18.3 Å². The van der Waals surface area contributed by atoms with Gasteiger partial charge in [0.25, 0.3) is 0 Å². The van der Waals surface area contributed by atoms with Gasteiger partial charge in [0.05, 0.1) is 11.2 Å². The van der Waals surface area contributed by atoms with E-state index in [1.54, 1.807) is 0 Å². The highest BCUT2D eigenvalue weighted by Gasteiger charge is 2.52. The Morgan fingerprint density at radius 3 is 2.21 bits per heavy atom. The molecule has 0 amide bonds. The molecule has 2 rings (SSSR count). The van der Waals surface area contributed by atoms with Gasteiger partial charge in [-0.3, -0.25) is 0 Å². The van der Waals surface area contributed by atoms with E-state index >= 15 is 0 Å². The van der Waals surface area contributed by atoms with Crippen LogP contribution in [0.25, 0.3) is 0 Å². The van der Waals surface area contributed by atoms with Crippen LogP contribution < -0.4 is 0 Å². The summed E-state index contributed by atoms with van der Waals surface area (Å²) in [7, 11) is -0.198. The molecule has 3 heteroatoms. The second-order valence-electron chi connectivity index (χ2n) is 8.72. The van der Waals surface area contributed by atoms with E-state index in [2.05, 4.69) is 53.3 Å². The fraction of sp³-hybridized carbons (Fsp3) is 0.810. The minimum absolute atomic E-state index is 0.198. The third kappa shape index (κ3) is 4.76. The van der Waals surface area contributed by atoms with Crippen LogP contribution in [0.3, 0.4) is 0 Å². The van der Waals surface area contributed by atoms with E-state index in [0.717, 1.165) is 6.42 Å². The van der Waals surface area contributed by atoms with E-state index in [4.69, 9.17) is 9.31 Å². The second kappa shape index (κ2) is 8.23. The van der Waals surface area contributed by atoms with Crippen LogP contribution in [-0.2, 0) is 9.31 Å². The lowest BCUT2D eigenvalue weighted by Crippen LogP contribution is -2.41. The van der Waals surface area contributed by atoms with Crippen LogP contribution >= 0.6 is 0 Å². The largest absolute Gasteiger partial charge is 0.490 e. The van der Waals surface area contributed by atoms with E-state index in [1.165, 1.54) is 50.4 Å². The predicted octanol–water partition coefficient (Wildman–Crippen LogP) is 6.12. The van der Waals surface area contributed by atoms with Gasteiger partial charge in [-0.05, 0) is 70.7 Å². The lowest BCUT2D eigenvalue weighted by atomic mass is 9.70. The average Bonchev–Trinajstić information content (AvgIpc) is 2.75. The van der Waals surface area contributed by atoms with Gasteiger partial charge < -0.3 is 9.31 Å². The van der Waals surface area contributed by atoms with Gasteiger partial charge in [-0.2, -0.15) is 0 Å². The third-order valence-corrected chi connectivity index (χ3v) is 6.15. The fourth-order valence-electron chi connectivity index (χ4n) is 3.82. The number of hydrogen-bond donors (Lipinski definition) is 0. The highest BCUT2D eigenvalue weighted by molar-refractivity contribution is 6.54. The van der Waals surface area contributed by atoms with Crippen molar-refractivity contribution in [1.82, 2.24) is 0 Å². The standard InChI is InChI=1S/C21H37BO2/c1-7-12-17(8-2)15-19(16-18-13-10-9-11-14-18)22-23-20(3,4)21(5,6)24-22/h8,16-18H,2,7,9-15H2,1,3-6H3/b19-16+. The fourth-order valence-corrected chi connectivity index (χ4v) is 3.82. The Bertz CT molecular complexity index is 431. The van der Waals surface area contributed by atoms with Crippen molar-refractivity contribution in [3.05, 3.63) is 24.2 Å². The van der Waals surface area contributed by atoms with Crippen molar-refractivity contribution in [3.8, 4) is 0 Å². The maximum atomic E-state index is 6.37. The molecule has 1 saturated heterocycles. The zero-order chi connectivity index (χ0) is 17.8. The van der Waals surface area contributed by atoms with Gasteiger partial charge in [-0.1, -0.05) is 44.8 Å². The van der Waals surface area contributed by atoms with E-state index in [1.807, 2.05) is 0 Å². The van der Waals surface area contributed by atoms with Crippen molar-refractivity contribution in [3.63, 3.8) is 0 Å². The maximum absolute atomic E-state index is 6.37. The Hall–Kier alpha value is -0.535. The molecule has 0 aromatic carbocycles. The van der Waals surface area contributed by atoms with Gasteiger partial charge in [0.15, 0.2) is 0 Å². The maximum Gasteiger partial charge on any atom is 0.490 e. The first-order valence-electron chi connectivity index (χ1n) is 9.98. The summed E-state index contributed by atoms with van der Waals surface area (Å²) in [4.78, 5) is 0. The quantitative estimate of drug-likeness (QED) is 0.413. The van der Waals surface area contributed by atoms with Gasteiger partial charge >= 0.3 is 7.12 Å². The molecule has 24 heavy (non-hydrogen) atoms. The van der Waals surface area contributed by atoms with Crippen molar-refractivity contribution >= 4 is 7.12 Å². The molecule has 1 heterocycles. The minimum atomic E-state index is -0.266.